The lowest BCUT2D eigenvalue weighted by molar-refractivity contribution is 0.0956. The number of fused-ring (bicyclic) bond motifs is 1. The summed E-state index contributed by atoms with van der Waals surface area (Å²) >= 11 is 0. The van der Waals surface area contributed by atoms with Crippen LogP contribution >= 0.6 is 0 Å². The fourth-order valence-electron chi connectivity index (χ4n) is 3.58. The van der Waals surface area contributed by atoms with Gasteiger partial charge in [0.2, 0.25) is 0 Å². The Morgan fingerprint density at radius 3 is 2.47 bits per heavy atom. The molecule has 0 saturated heterocycles. The quantitative estimate of drug-likeness (QED) is 0.339. The summed E-state index contributed by atoms with van der Waals surface area (Å²) in [6.45, 7) is 2.43. The number of carbonyl (C=O) groups is 1. The molecule has 0 aliphatic carbocycles. The first-order chi connectivity index (χ1) is 15.6. The monoisotopic (exact) mass is 427 g/mol. The molecule has 6 nitrogen and oxygen atoms in total. The van der Waals surface area contributed by atoms with Crippen molar-refractivity contribution in [3.8, 4) is 11.5 Å². The number of aryl methyl sites for hydroxylation is 1. The van der Waals surface area contributed by atoms with Gasteiger partial charge in [-0.25, -0.2) is 5.43 Å². The zero-order valence-electron chi connectivity index (χ0n) is 18.3. The molecule has 6 heteroatoms. The van der Waals surface area contributed by atoms with E-state index in [-0.39, 0.29) is 5.91 Å². The summed E-state index contributed by atoms with van der Waals surface area (Å²) in [4.78, 5) is 12.9. The minimum Gasteiger partial charge on any atom is -0.497 e. The zero-order chi connectivity index (χ0) is 22.5. The molecule has 0 aliphatic heterocycles. The fourth-order valence-corrected chi connectivity index (χ4v) is 3.58. The van der Waals surface area contributed by atoms with Gasteiger partial charge in [-0.1, -0.05) is 30.3 Å². The molecule has 0 saturated carbocycles. The second-order valence-corrected chi connectivity index (χ2v) is 7.44. The van der Waals surface area contributed by atoms with Crippen LogP contribution in [0.1, 0.15) is 27.2 Å². The van der Waals surface area contributed by atoms with Crippen molar-refractivity contribution in [2.45, 2.75) is 13.5 Å². The van der Waals surface area contributed by atoms with Crippen LogP contribution in [-0.4, -0.2) is 23.8 Å². The minimum atomic E-state index is -0.264. The van der Waals surface area contributed by atoms with Gasteiger partial charge in [-0.2, -0.15) is 5.10 Å². The largest absolute Gasteiger partial charge is 0.497 e. The molecule has 0 bridgehead atoms. The average Bonchev–Trinajstić information content (AvgIpc) is 3.08. The highest BCUT2D eigenvalue weighted by molar-refractivity contribution is 6.08. The Balaban J connectivity index is 1.42. The lowest BCUT2D eigenvalue weighted by Crippen LogP contribution is -2.18. The Kier molecular flexibility index (Phi) is 6.22. The molecule has 0 atom stereocenters. The molecule has 0 unspecified atom stereocenters. The summed E-state index contributed by atoms with van der Waals surface area (Å²) in [6, 6.07) is 23.3. The number of benzene rings is 3. The highest BCUT2D eigenvalue weighted by atomic mass is 16.5. The van der Waals surface area contributed by atoms with Crippen LogP contribution in [-0.2, 0) is 13.7 Å². The van der Waals surface area contributed by atoms with E-state index in [1.165, 1.54) is 0 Å². The summed E-state index contributed by atoms with van der Waals surface area (Å²) in [5.41, 5.74) is 7.02. The third kappa shape index (κ3) is 4.49. The number of hydrogen-bond donors (Lipinski definition) is 1. The van der Waals surface area contributed by atoms with Crippen LogP contribution in [0.3, 0.4) is 0 Å². The number of hydrazone groups is 1. The van der Waals surface area contributed by atoms with E-state index in [1.807, 2.05) is 91.3 Å². The summed E-state index contributed by atoms with van der Waals surface area (Å²) in [7, 11) is 3.55. The molecule has 1 amide bonds. The summed E-state index contributed by atoms with van der Waals surface area (Å²) in [5.74, 6) is 1.21. The second kappa shape index (κ2) is 9.39. The number of nitrogens with zero attached hydrogens (tertiary/aromatic N) is 2. The van der Waals surface area contributed by atoms with Crippen LogP contribution in [0.25, 0.3) is 10.9 Å². The average molecular weight is 428 g/mol. The minimum absolute atomic E-state index is 0.264. The Labute approximate surface area is 187 Å². The van der Waals surface area contributed by atoms with Crippen molar-refractivity contribution in [2.75, 3.05) is 7.11 Å². The molecule has 32 heavy (non-hydrogen) atoms. The van der Waals surface area contributed by atoms with E-state index in [0.29, 0.717) is 17.9 Å². The van der Waals surface area contributed by atoms with Crippen molar-refractivity contribution in [1.82, 2.24) is 9.99 Å². The van der Waals surface area contributed by atoms with Crippen LogP contribution in [0.5, 0.6) is 11.5 Å². The molecule has 0 radical (unpaired) electrons. The number of amides is 1. The number of nitrogens with one attached hydrogen (secondary N) is 1. The zero-order valence-corrected chi connectivity index (χ0v) is 18.3. The summed E-state index contributed by atoms with van der Waals surface area (Å²) < 4.78 is 13.1. The maximum absolute atomic E-state index is 12.9. The van der Waals surface area contributed by atoms with E-state index >= 15 is 0 Å². The molecule has 4 aromatic rings. The molecule has 0 spiro atoms. The number of hydrogen-bond acceptors (Lipinski definition) is 4. The van der Waals surface area contributed by atoms with Crippen molar-refractivity contribution in [3.05, 3.63) is 95.2 Å². The lowest BCUT2D eigenvalue weighted by atomic mass is 10.1. The lowest BCUT2D eigenvalue weighted by Gasteiger charge is -2.06. The molecule has 1 heterocycles. The second-order valence-electron chi connectivity index (χ2n) is 7.44. The van der Waals surface area contributed by atoms with Gasteiger partial charge in [-0.05, 0) is 60.5 Å². The molecule has 4 rings (SSSR count). The standard InChI is InChI=1S/C26H25N3O3/c1-18-25(23-15-22(31-3)13-14-24(23)29(18)2)26(30)28-27-16-19-9-11-21(12-10-19)32-17-20-7-5-4-6-8-20/h4-16H,17H2,1-3H3,(H,28,30)/b27-16+. The normalized spacial score (nSPS) is 11.1. The van der Waals surface area contributed by atoms with Crippen molar-refractivity contribution >= 4 is 23.0 Å². The SMILES string of the molecule is COc1ccc2c(c1)c(C(=O)N/N=C/c1ccc(OCc3ccccc3)cc1)c(C)n2C. The van der Waals surface area contributed by atoms with Gasteiger partial charge in [0.15, 0.2) is 0 Å². The maximum atomic E-state index is 12.9. The molecule has 0 fully saturated rings. The topological polar surface area (TPSA) is 64.8 Å². The van der Waals surface area contributed by atoms with Gasteiger partial charge in [0.05, 0.1) is 18.9 Å². The molecule has 1 aromatic heterocycles. The first-order valence-corrected chi connectivity index (χ1v) is 10.3. The molecular weight excluding hydrogens is 402 g/mol. The molecule has 1 N–H and O–H groups in total. The Morgan fingerprint density at radius 1 is 1.03 bits per heavy atom. The van der Waals surface area contributed by atoms with Crippen LogP contribution in [0.2, 0.25) is 0 Å². The van der Waals surface area contributed by atoms with E-state index < -0.39 is 0 Å². The van der Waals surface area contributed by atoms with Crippen LogP contribution < -0.4 is 14.9 Å². The Hall–Kier alpha value is -4.06. The van der Waals surface area contributed by atoms with Crippen LogP contribution in [0.15, 0.2) is 77.9 Å². The van der Waals surface area contributed by atoms with Gasteiger partial charge in [-0.3, -0.25) is 4.79 Å². The molecule has 0 aliphatic rings. The molecule has 162 valence electrons. The first kappa shape index (κ1) is 21.2. The number of rotatable bonds is 7. The van der Waals surface area contributed by atoms with Crippen molar-refractivity contribution in [1.29, 1.82) is 0 Å². The van der Waals surface area contributed by atoms with Gasteiger partial charge in [0.1, 0.15) is 18.1 Å². The van der Waals surface area contributed by atoms with E-state index in [0.717, 1.165) is 33.5 Å². The summed E-state index contributed by atoms with van der Waals surface area (Å²) in [5, 5.41) is 4.97. The number of methoxy groups -OCH3 is 1. The smallest absolute Gasteiger partial charge is 0.273 e. The Morgan fingerprint density at radius 2 is 1.75 bits per heavy atom. The highest BCUT2D eigenvalue weighted by Gasteiger charge is 2.18. The van der Waals surface area contributed by atoms with E-state index in [1.54, 1.807) is 13.3 Å². The molecular formula is C26H25N3O3. The van der Waals surface area contributed by atoms with Gasteiger partial charge in [-0.15, -0.1) is 0 Å². The highest BCUT2D eigenvalue weighted by Crippen LogP contribution is 2.28. The Bertz CT molecular complexity index is 1260. The first-order valence-electron chi connectivity index (χ1n) is 10.3. The van der Waals surface area contributed by atoms with Crippen molar-refractivity contribution < 1.29 is 14.3 Å². The van der Waals surface area contributed by atoms with E-state index in [9.17, 15) is 4.79 Å². The van der Waals surface area contributed by atoms with Crippen molar-refractivity contribution in [3.63, 3.8) is 0 Å². The number of carbonyl (C=O) groups excluding carboxylic acids is 1. The van der Waals surface area contributed by atoms with E-state index in [2.05, 4.69) is 10.5 Å². The molecule has 3 aromatic carbocycles. The van der Waals surface area contributed by atoms with Crippen LogP contribution in [0.4, 0.5) is 0 Å². The van der Waals surface area contributed by atoms with Crippen LogP contribution in [0, 0.1) is 6.92 Å². The predicted molar refractivity (Wildman–Crippen MR) is 126 cm³/mol. The van der Waals surface area contributed by atoms with Gasteiger partial charge < -0.3 is 14.0 Å². The fraction of sp³-hybridized carbons (Fsp3) is 0.154. The van der Waals surface area contributed by atoms with Crippen molar-refractivity contribution in [2.24, 2.45) is 12.1 Å². The van der Waals surface area contributed by atoms with Gasteiger partial charge in [0.25, 0.3) is 5.91 Å². The third-order valence-electron chi connectivity index (χ3n) is 5.43. The third-order valence-corrected chi connectivity index (χ3v) is 5.43. The van der Waals surface area contributed by atoms with Gasteiger partial charge in [0, 0.05) is 23.6 Å². The maximum Gasteiger partial charge on any atom is 0.273 e. The van der Waals surface area contributed by atoms with E-state index in [4.69, 9.17) is 9.47 Å². The number of aromatic nitrogens is 1. The number of ether oxygens (including phenoxy) is 2. The summed E-state index contributed by atoms with van der Waals surface area (Å²) in [6.07, 6.45) is 1.61. The van der Waals surface area contributed by atoms with Gasteiger partial charge >= 0.3 is 0 Å². The predicted octanol–water partition coefficient (Wildman–Crippen LogP) is 4.84.